The minimum absolute atomic E-state index is 0. The van der Waals surface area contributed by atoms with Gasteiger partial charge < -0.3 is 20.7 Å². The molecule has 0 amide bonds. The van der Waals surface area contributed by atoms with E-state index in [1.54, 1.807) is 7.11 Å². The van der Waals surface area contributed by atoms with Gasteiger partial charge in [-0.2, -0.15) is 0 Å². The molecule has 1 aromatic carbocycles. The van der Waals surface area contributed by atoms with Crippen LogP contribution in [0.1, 0.15) is 43.7 Å². The predicted octanol–water partition coefficient (Wildman–Crippen LogP) is 3.15. The third-order valence-electron chi connectivity index (χ3n) is 4.49. The standard InChI is InChI=1S/C18H30N4O.HI/c1-22(2)17(14-8-7-11-16(12-14)23-3)13-20-18(19)21-15-9-5-4-6-10-15;/h7-8,11-12,15,17H,4-6,9-10,13H2,1-3H3,(H3,19,20,21);1H. The SMILES string of the molecule is COc1cccc(C(CN=C(N)NC2CCCCC2)N(C)C)c1.I. The molecule has 0 saturated heterocycles. The fourth-order valence-corrected chi connectivity index (χ4v) is 3.10. The van der Waals surface area contributed by atoms with Crippen LogP contribution in [0.4, 0.5) is 0 Å². The third kappa shape index (κ3) is 6.47. The molecule has 5 nitrogen and oxygen atoms in total. The molecule has 1 atom stereocenters. The monoisotopic (exact) mass is 446 g/mol. The molecule has 0 aromatic heterocycles. The van der Waals surface area contributed by atoms with Gasteiger partial charge in [-0.3, -0.25) is 4.99 Å². The molecule has 1 fully saturated rings. The first-order valence-corrected chi connectivity index (χ1v) is 8.47. The number of rotatable bonds is 6. The number of hydrogen-bond acceptors (Lipinski definition) is 3. The van der Waals surface area contributed by atoms with E-state index in [9.17, 15) is 0 Å². The second kappa shape index (κ2) is 10.8. The fourth-order valence-electron chi connectivity index (χ4n) is 3.10. The van der Waals surface area contributed by atoms with Crippen LogP contribution < -0.4 is 15.8 Å². The van der Waals surface area contributed by atoms with Crippen LogP contribution in [0.15, 0.2) is 29.3 Å². The van der Waals surface area contributed by atoms with E-state index >= 15 is 0 Å². The Balaban J connectivity index is 0.00000288. The first-order chi connectivity index (χ1) is 11.1. The van der Waals surface area contributed by atoms with Crippen LogP contribution >= 0.6 is 24.0 Å². The van der Waals surface area contributed by atoms with Gasteiger partial charge in [0.05, 0.1) is 19.7 Å². The maximum Gasteiger partial charge on any atom is 0.188 e. The first kappa shape index (κ1) is 21.0. The normalized spacial score (nSPS) is 17.2. The average molecular weight is 446 g/mol. The Kier molecular flexibility index (Phi) is 9.43. The topological polar surface area (TPSA) is 62.9 Å². The molecule has 1 aliphatic rings. The summed E-state index contributed by atoms with van der Waals surface area (Å²) in [5.41, 5.74) is 7.27. The highest BCUT2D eigenvalue weighted by atomic mass is 127. The summed E-state index contributed by atoms with van der Waals surface area (Å²) in [4.78, 5) is 6.73. The van der Waals surface area contributed by atoms with Crippen molar-refractivity contribution in [2.75, 3.05) is 27.7 Å². The van der Waals surface area contributed by atoms with Gasteiger partial charge in [-0.15, -0.1) is 24.0 Å². The lowest BCUT2D eigenvalue weighted by molar-refractivity contribution is 0.305. The van der Waals surface area contributed by atoms with Crippen LogP contribution in [0.25, 0.3) is 0 Å². The van der Waals surface area contributed by atoms with E-state index in [1.807, 2.05) is 12.1 Å². The molecule has 0 heterocycles. The lowest BCUT2D eigenvalue weighted by Crippen LogP contribution is -2.41. The third-order valence-corrected chi connectivity index (χ3v) is 4.49. The van der Waals surface area contributed by atoms with Crippen molar-refractivity contribution < 1.29 is 4.74 Å². The quantitative estimate of drug-likeness (QED) is 0.401. The van der Waals surface area contributed by atoms with E-state index < -0.39 is 0 Å². The summed E-state index contributed by atoms with van der Waals surface area (Å²) in [6, 6.07) is 8.80. The maximum absolute atomic E-state index is 6.08. The van der Waals surface area contributed by atoms with E-state index in [0.29, 0.717) is 18.5 Å². The predicted molar refractivity (Wildman–Crippen MR) is 111 cm³/mol. The number of methoxy groups -OCH3 is 1. The zero-order valence-corrected chi connectivity index (χ0v) is 17.3. The molecule has 1 unspecified atom stereocenters. The second-order valence-electron chi connectivity index (χ2n) is 6.46. The summed E-state index contributed by atoms with van der Waals surface area (Å²) in [6.07, 6.45) is 6.31. The highest BCUT2D eigenvalue weighted by Crippen LogP contribution is 2.23. The Morgan fingerprint density at radius 3 is 2.67 bits per heavy atom. The van der Waals surface area contributed by atoms with Crippen molar-refractivity contribution in [3.05, 3.63) is 29.8 Å². The summed E-state index contributed by atoms with van der Waals surface area (Å²) in [5.74, 6) is 1.43. The highest BCUT2D eigenvalue weighted by molar-refractivity contribution is 14.0. The zero-order chi connectivity index (χ0) is 16.7. The van der Waals surface area contributed by atoms with Gasteiger partial charge in [-0.1, -0.05) is 31.4 Å². The minimum Gasteiger partial charge on any atom is -0.497 e. The summed E-state index contributed by atoms with van der Waals surface area (Å²) < 4.78 is 5.32. The average Bonchev–Trinajstić information content (AvgIpc) is 2.56. The van der Waals surface area contributed by atoms with Crippen LogP contribution in [0, 0.1) is 0 Å². The Morgan fingerprint density at radius 1 is 1.33 bits per heavy atom. The summed E-state index contributed by atoms with van der Waals surface area (Å²) in [6.45, 7) is 0.631. The van der Waals surface area contributed by atoms with Crippen molar-refractivity contribution in [2.45, 2.75) is 44.2 Å². The molecular weight excluding hydrogens is 415 g/mol. The lowest BCUT2D eigenvalue weighted by atomic mass is 9.96. The molecule has 6 heteroatoms. The molecule has 24 heavy (non-hydrogen) atoms. The van der Waals surface area contributed by atoms with Crippen LogP contribution in [0.2, 0.25) is 0 Å². The van der Waals surface area contributed by atoms with Crippen LogP contribution in [0.5, 0.6) is 5.75 Å². The Bertz CT molecular complexity index is 515. The van der Waals surface area contributed by atoms with Gasteiger partial charge in [0.15, 0.2) is 5.96 Å². The fraction of sp³-hybridized carbons (Fsp3) is 0.611. The number of hydrogen-bond donors (Lipinski definition) is 2. The maximum atomic E-state index is 6.08. The van der Waals surface area contributed by atoms with E-state index in [1.165, 1.54) is 37.7 Å². The summed E-state index contributed by atoms with van der Waals surface area (Å²) in [7, 11) is 5.81. The number of guanidine groups is 1. The van der Waals surface area contributed by atoms with Crippen molar-refractivity contribution in [1.82, 2.24) is 10.2 Å². The van der Waals surface area contributed by atoms with Crippen LogP contribution in [-0.4, -0.2) is 44.7 Å². The van der Waals surface area contributed by atoms with Crippen molar-refractivity contribution in [3.8, 4) is 5.75 Å². The number of ether oxygens (including phenoxy) is 1. The largest absolute Gasteiger partial charge is 0.497 e. The first-order valence-electron chi connectivity index (χ1n) is 8.47. The molecule has 136 valence electrons. The molecule has 0 aliphatic heterocycles. The Hall–Kier alpha value is -1.02. The molecule has 0 spiro atoms. The minimum atomic E-state index is 0. The lowest BCUT2D eigenvalue weighted by Gasteiger charge is -2.25. The Morgan fingerprint density at radius 2 is 2.04 bits per heavy atom. The molecule has 1 aliphatic carbocycles. The number of nitrogens with zero attached hydrogens (tertiary/aromatic N) is 2. The van der Waals surface area contributed by atoms with Gasteiger partial charge in [-0.05, 0) is 44.6 Å². The van der Waals surface area contributed by atoms with Gasteiger partial charge in [0.25, 0.3) is 0 Å². The molecule has 3 N–H and O–H groups in total. The van der Waals surface area contributed by atoms with Crippen molar-refractivity contribution >= 4 is 29.9 Å². The number of aliphatic imine (C=N–C) groups is 1. The molecule has 2 rings (SSSR count). The van der Waals surface area contributed by atoms with Crippen molar-refractivity contribution in [1.29, 1.82) is 0 Å². The van der Waals surface area contributed by atoms with Gasteiger partial charge in [0.1, 0.15) is 5.75 Å². The number of benzene rings is 1. The van der Waals surface area contributed by atoms with Crippen LogP contribution in [-0.2, 0) is 0 Å². The van der Waals surface area contributed by atoms with E-state index in [0.717, 1.165) is 5.75 Å². The van der Waals surface area contributed by atoms with Gasteiger partial charge in [0.2, 0.25) is 0 Å². The summed E-state index contributed by atoms with van der Waals surface area (Å²) in [5, 5.41) is 3.37. The number of halogens is 1. The molecule has 0 radical (unpaired) electrons. The van der Waals surface area contributed by atoms with Gasteiger partial charge >= 0.3 is 0 Å². The van der Waals surface area contributed by atoms with Crippen molar-refractivity contribution in [3.63, 3.8) is 0 Å². The smallest absolute Gasteiger partial charge is 0.188 e. The Labute approximate surface area is 163 Å². The van der Waals surface area contributed by atoms with E-state index in [4.69, 9.17) is 10.5 Å². The highest BCUT2D eigenvalue weighted by Gasteiger charge is 2.16. The molecular formula is C18H31IN4O. The van der Waals surface area contributed by atoms with E-state index in [2.05, 4.69) is 41.4 Å². The van der Waals surface area contributed by atoms with Crippen molar-refractivity contribution in [2.24, 2.45) is 10.7 Å². The molecule has 0 bridgehead atoms. The number of nitrogens with one attached hydrogen (secondary N) is 1. The van der Waals surface area contributed by atoms with Gasteiger partial charge in [-0.25, -0.2) is 0 Å². The zero-order valence-electron chi connectivity index (χ0n) is 15.0. The number of nitrogens with two attached hydrogens (primary N) is 1. The molecule has 1 saturated carbocycles. The second-order valence-corrected chi connectivity index (χ2v) is 6.46. The van der Waals surface area contributed by atoms with E-state index in [-0.39, 0.29) is 30.0 Å². The van der Waals surface area contributed by atoms with Crippen LogP contribution in [0.3, 0.4) is 0 Å². The molecule has 1 aromatic rings. The number of likely N-dealkylation sites (N-methyl/N-ethyl adjacent to an activating group) is 1. The summed E-state index contributed by atoms with van der Waals surface area (Å²) >= 11 is 0. The van der Waals surface area contributed by atoms with Gasteiger partial charge in [0, 0.05) is 6.04 Å².